The van der Waals surface area contributed by atoms with E-state index in [0.717, 1.165) is 4.90 Å². The number of carbonyl (C=O) groups is 13. The summed E-state index contributed by atoms with van der Waals surface area (Å²) in [6, 6.07) is -9.73. The van der Waals surface area contributed by atoms with Gasteiger partial charge >= 0.3 is 11.9 Å². The third-order valence-corrected chi connectivity index (χ3v) is 13.6. The van der Waals surface area contributed by atoms with Crippen LogP contribution in [0.5, 0.6) is 5.75 Å². The Morgan fingerprint density at radius 3 is 1.73 bits per heavy atom. The van der Waals surface area contributed by atoms with Crippen LogP contribution >= 0.6 is 0 Å². The number of nitrogens with zero attached hydrogens (tertiary/aromatic N) is 2. The standard InChI is InChI=1S/C52H83N15O17/c1-7-25(5)41(65-39(72)22-67-21-28-17-29(69)12-11-27(28)18-35(50(67)82)63-43(75)30(53)19-40(73)74)48(80)61-33(16-24(3)4)45(77)59-31(13-14-37(54)70)44(76)66-42(26(6)8-2)49(81)62-34(20-38(55)71)46(78)64-36(23-68)47(79)60-32(51(83)84)10-9-15-58-52(56)57/h11-12,17,24-26,30-36,41-42,68-69H,7-10,13-16,18-23,53H2,1-6H3,(H2,54,70)(H2,55,71)(H,59,77)(H,60,79)(H,61,80)(H,62,81)(H,63,75)(H,64,78)(H,65,72)(H,66,76)(H,73,74)(H,83,84)(H4,56,57,58)/t25-,26-,30-,31-,32-,33-,34-,35-,36-,41-,42-/m0/s1. The van der Waals surface area contributed by atoms with Gasteiger partial charge in [0.25, 0.3) is 0 Å². The van der Waals surface area contributed by atoms with E-state index in [4.69, 9.17) is 33.8 Å². The van der Waals surface area contributed by atoms with Gasteiger partial charge in [0.15, 0.2) is 5.96 Å². The smallest absolute Gasteiger partial charge is 0.326 e. The normalized spacial score (nSPS) is 16.5. The Labute approximate surface area is 484 Å². The number of amides is 11. The maximum Gasteiger partial charge on any atom is 0.326 e. The molecule has 0 fully saturated rings. The number of aromatic hydroxyl groups is 1. The number of nitrogens with two attached hydrogens (primary N) is 5. The van der Waals surface area contributed by atoms with Crippen LogP contribution < -0.4 is 71.2 Å². The molecular weight excluding hydrogens is 1110 g/mol. The van der Waals surface area contributed by atoms with Gasteiger partial charge in [0.2, 0.25) is 65.0 Å². The summed E-state index contributed by atoms with van der Waals surface area (Å²) in [5, 5.41) is 58.5. The Morgan fingerprint density at radius 1 is 0.655 bits per heavy atom. The van der Waals surface area contributed by atoms with Gasteiger partial charge in [-0.3, -0.25) is 62.5 Å². The quantitative estimate of drug-likeness (QED) is 0.0169. The maximum absolute atomic E-state index is 14.3. The molecule has 0 saturated heterocycles. The van der Waals surface area contributed by atoms with Gasteiger partial charge < -0.3 is 96.5 Å². The predicted octanol–water partition coefficient (Wildman–Crippen LogP) is -5.63. The fraction of sp³-hybridized carbons (Fsp3) is 0.615. The molecule has 1 aliphatic rings. The van der Waals surface area contributed by atoms with E-state index in [1.165, 1.54) is 25.1 Å². The second kappa shape index (κ2) is 34.7. The first-order valence-corrected chi connectivity index (χ1v) is 27.3. The van der Waals surface area contributed by atoms with Gasteiger partial charge in [-0.25, -0.2) is 4.79 Å². The highest BCUT2D eigenvalue weighted by Gasteiger charge is 2.38. The number of benzene rings is 1. The number of aliphatic hydroxyl groups excluding tert-OH is 1. The second-order valence-corrected chi connectivity index (χ2v) is 21.0. The number of aliphatic hydroxyl groups is 1. The lowest BCUT2D eigenvalue weighted by Crippen LogP contribution is -2.62. The lowest BCUT2D eigenvalue weighted by Gasteiger charge is -2.30. The van der Waals surface area contributed by atoms with Crippen molar-refractivity contribution in [3.05, 3.63) is 29.3 Å². The number of phenols is 1. The van der Waals surface area contributed by atoms with Gasteiger partial charge in [0.1, 0.15) is 54.1 Å². The first kappa shape index (κ1) is 71.4. The van der Waals surface area contributed by atoms with Gasteiger partial charge in [-0.15, -0.1) is 0 Å². The molecule has 468 valence electrons. The Hall–Kier alpha value is -8.68. The highest BCUT2D eigenvalue weighted by molar-refractivity contribution is 5.99. The first-order valence-electron chi connectivity index (χ1n) is 27.3. The van der Waals surface area contributed by atoms with Crippen molar-refractivity contribution in [1.29, 1.82) is 0 Å². The molecule has 11 amide bonds. The molecule has 0 aliphatic carbocycles. The molecule has 22 N–H and O–H groups in total. The Kier molecular flexibility index (Phi) is 29.5. The van der Waals surface area contributed by atoms with Crippen molar-refractivity contribution < 1.29 is 82.8 Å². The summed E-state index contributed by atoms with van der Waals surface area (Å²) < 4.78 is 0. The lowest BCUT2D eigenvalue weighted by molar-refractivity contribution is -0.143. The fourth-order valence-corrected chi connectivity index (χ4v) is 8.59. The van der Waals surface area contributed by atoms with Crippen LogP contribution in [0.4, 0.5) is 0 Å². The van der Waals surface area contributed by atoms with Crippen molar-refractivity contribution in [2.75, 3.05) is 19.7 Å². The summed E-state index contributed by atoms with van der Waals surface area (Å²) in [4.78, 5) is 177. The maximum atomic E-state index is 14.3. The van der Waals surface area contributed by atoms with Crippen LogP contribution in [-0.4, -0.2) is 182 Å². The van der Waals surface area contributed by atoms with Gasteiger partial charge in [0.05, 0.1) is 32.0 Å². The number of phenolic OH excluding ortho intramolecular Hbond substituents is 1. The molecule has 0 radical (unpaired) electrons. The number of carbonyl (C=O) groups excluding carboxylic acids is 11. The number of aliphatic carboxylic acids is 2. The minimum atomic E-state index is -1.85. The van der Waals surface area contributed by atoms with Crippen molar-refractivity contribution in [2.45, 2.75) is 167 Å². The van der Waals surface area contributed by atoms with Gasteiger partial charge in [-0.05, 0) is 66.7 Å². The Balaban J connectivity index is 2.40. The molecule has 0 saturated carbocycles. The molecular formula is C52H83N15O17. The number of primary amides is 2. The summed E-state index contributed by atoms with van der Waals surface area (Å²) >= 11 is 0. The van der Waals surface area contributed by atoms with Crippen LogP contribution in [0.3, 0.4) is 0 Å². The molecule has 1 aromatic carbocycles. The molecule has 1 heterocycles. The number of guanidine groups is 1. The minimum absolute atomic E-state index is 0.0204. The number of aliphatic imine (C=N–C) groups is 1. The van der Waals surface area contributed by atoms with Crippen molar-refractivity contribution in [3.63, 3.8) is 0 Å². The summed E-state index contributed by atoms with van der Waals surface area (Å²) in [7, 11) is 0. The van der Waals surface area contributed by atoms with E-state index < -0.39 is 182 Å². The zero-order chi connectivity index (χ0) is 63.7. The monoisotopic (exact) mass is 1190 g/mol. The van der Waals surface area contributed by atoms with Crippen LogP contribution in [0.1, 0.15) is 110 Å². The van der Waals surface area contributed by atoms with Crippen LogP contribution in [0, 0.1) is 17.8 Å². The average Bonchev–Trinajstić information content (AvgIpc) is 3.86. The van der Waals surface area contributed by atoms with Crippen LogP contribution in [0.15, 0.2) is 23.2 Å². The fourth-order valence-electron chi connectivity index (χ4n) is 8.59. The van der Waals surface area contributed by atoms with Gasteiger partial charge in [0, 0.05) is 25.9 Å². The van der Waals surface area contributed by atoms with Crippen molar-refractivity contribution in [1.82, 2.24) is 47.4 Å². The summed E-state index contributed by atoms with van der Waals surface area (Å²) in [6.45, 7) is 7.98. The lowest BCUT2D eigenvalue weighted by atomic mass is 9.96. The molecule has 1 aliphatic heterocycles. The van der Waals surface area contributed by atoms with Crippen molar-refractivity contribution in [3.8, 4) is 5.75 Å². The molecule has 2 rings (SSSR count). The molecule has 0 aromatic heterocycles. The van der Waals surface area contributed by atoms with Crippen molar-refractivity contribution >= 4 is 82.9 Å². The molecule has 84 heavy (non-hydrogen) atoms. The summed E-state index contributed by atoms with van der Waals surface area (Å²) in [5.74, 6) is -15.8. The first-order chi connectivity index (χ1) is 39.3. The molecule has 0 bridgehead atoms. The van der Waals surface area contributed by atoms with E-state index in [2.05, 4.69) is 47.5 Å². The molecule has 1 aromatic rings. The molecule has 32 heteroatoms. The minimum Gasteiger partial charge on any atom is -0.508 e. The third-order valence-electron chi connectivity index (χ3n) is 13.6. The van der Waals surface area contributed by atoms with E-state index in [-0.39, 0.29) is 62.8 Å². The highest BCUT2D eigenvalue weighted by Crippen LogP contribution is 2.24. The topological polar surface area (TPSA) is 545 Å². The van der Waals surface area contributed by atoms with E-state index >= 15 is 0 Å². The predicted molar refractivity (Wildman–Crippen MR) is 298 cm³/mol. The molecule has 32 nitrogen and oxygen atoms in total. The zero-order valence-electron chi connectivity index (χ0n) is 47.9. The number of carboxylic acid groups (broad SMARTS) is 2. The van der Waals surface area contributed by atoms with Gasteiger partial charge in [-0.1, -0.05) is 60.5 Å². The third kappa shape index (κ3) is 24.0. The number of carboxylic acids is 2. The average molecular weight is 1190 g/mol. The largest absolute Gasteiger partial charge is 0.508 e. The number of rotatable bonds is 36. The van der Waals surface area contributed by atoms with E-state index in [1.54, 1.807) is 34.6 Å². The SMILES string of the molecule is CC[C@H](C)[C@H](NC(=O)CN1Cc2cc(O)ccc2C[C@H](NC(=O)[C@@H](N)CC(=O)O)C1=O)C(=O)N[C@@H](CC(C)C)C(=O)N[C@@H](CCC(N)=O)C(=O)N[C@H](C(=O)N[C@@H](CC(N)=O)C(=O)N[C@@H](CO)C(=O)N[C@@H](CCCN=C(N)N)C(=O)O)[C@@H](C)CC. The van der Waals surface area contributed by atoms with E-state index in [9.17, 15) is 77.6 Å². The zero-order valence-corrected chi connectivity index (χ0v) is 47.9. The Bertz CT molecular complexity index is 2580. The summed E-state index contributed by atoms with van der Waals surface area (Å²) in [5.41, 5.74) is 28.1. The highest BCUT2D eigenvalue weighted by atomic mass is 16.4. The van der Waals surface area contributed by atoms with Crippen LogP contribution in [-0.2, 0) is 75.3 Å². The summed E-state index contributed by atoms with van der Waals surface area (Å²) in [6.07, 6.45) is -2.27. The second-order valence-electron chi connectivity index (χ2n) is 21.0. The van der Waals surface area contributed by atoms with Crippen molar-refractivity contribution in [2.24, 2.45) is 51.4 Å². The van der Waals surface area contributed by atoms with Crippen LogP contribution in [0.25, 0.3) is 0 Å². The number of nitrogens with one attached hydrogen (secondary N) is 8. The number of hydrogen-bond acceptors (Lipinski definition) is 17. The van der Waals surface area contributed by atoms with Gasteiger partial charge in [-0.2, -0.15) is 0 Å². The van der Waals surface area contributed by atoms with E-state index in [1.807, 2.05) is 0 Å². The molecule has 11 atom stereocenters. The molecule has 0 spiro atoms. The Morgan fingerprint density at radius 2 is 1.19 bits per heavy atom. The molecule has 0 unspecified atom stereocenters. The number of fused-ring (bicyclic) bond motifs is 1. The van der Waals surface area contributed by atoms with Crippen LogP contribution in [0.2, 0.25) is 0 Å². The van der Waals surface area contributed by atoms with E-state index in [0.29, 0.717) is 17.5 Å². The number of hydrogen-bond donors (Lipinski definition) is 17.